The van der Waals surface area contributed by atoms with Gasteiger partial charge in [-0.1, -0.05) is 12.8 Å². The van der Waals surface area contributed by atoms with Crippen molar-refractivity contribution >= 4 is 6.47 Å². The molecule has 2 heteroatoms. The zero-order valence-corrected chi connectivity index (χ0v) is 4.73. The Hall–Kier alpha value is -0.970. The smallest absolute Gasteiger partial charge is 0.418 e. The molecule has 0 saturated carbocycles. The van der Waals surface area contributed by atoms with Crippen LogP contribution in [0.15, 0.2) is 0 Å². The van der Waals surface area contributed by atoms with E-state index in [4.69, 9.17) is 0 Å². The summed E-state index contributed by atoms with van der Waals surface area (Å²) in [6.45, 7) is 3.37. The maximum atomic E-state index is 9.35. The molecule has 0 fully saturated rings. The van der Waals surface area contributed by atoms with Crippen molar-refractivity contribution in [2.75, 3.05) is 6.61 Å². The molecular weight excluding hydrogens is 104 g/mol. The summed E-state index contributed by atoms with van der Waals surface area (Å²) in [5.41, 5.74) is 0. The first-order chi connectivity index (χ1) is 3.91. The molecule has 43 valence electrons. The summed E-state index contributed by atoms with van der Waals surface area (Å²) in [7, 11) is 0. The highest BCUT2D eigenvalue weighted by Crippen LogP contribution is 1.67. The summed E-state index contributed by atoms with van der Waals surface area (Å²) < 4.78 is 4.16. The van der Waals surface area contributed by atoms with Crippen molar-refractivity contribution in [3.8, 4) is 11.8 Å². The van der Waals surface area contributed by atoms with E-state index >= 15 is 0 Å². The lowest BCUT2D eigenvalue weighted by Crippen LogP contribution is -1.85. The minimum atomic E-state index is 0.164. The SMILES string of the molecule is CCC#CCO[C]=O. The summed E-state index contributed by atoms with van der Waals surface area (Å²) in [4.78, 5) is 9.35. The predicted octanol–water partition coefficient (Wildman–Crippen LogP) is 0.484. The number of carbonyl (C=O) groups excluding carboxylic acids is 1. The van der Waals surface area contributed by atoms with Gasteiger partial charge in [0.05, 0.1) is 0 Å². The fourth-order valence-electron chi connectivity index (χ4n) is 0.242. The number of ether oxygens (including phenoxy) is 1. The highest BCUT2D eigenvalue weighted by Gasteiger charge is 1.71. The third-order valence-corrected chi connectivity index (χ3v) is 0.505. The summed E-state index contributed by atoms with van der Waals surface area (Å²) in [6, 6.07) is 0. The summed E-state index contributed by atoms with van der Waals surface area (Å²) in [5.74, 6) is 5.33. The molecule has 0 spiro atoms. The van der Waals surface area contributed by atoms with Crippen molar-refractivity contribution in [3.63, 3.8) is 0 Å². The zero-order chi connectivity index (χ0) is 6.24. The van der Waals surface area contributed by atoms with Crippen molar-refractivity contribution < 1.29 is 9.53 Å². The van der Waals surface area contributed by atoms with E-state index in [1.807, 2.05) is 6.92 Å². The van der Waals surface area contributed by atoms with E-state index in [0.29, 0.717) is 0 Å². The lowest BCUT2D eigenvalue weighted by Gasteiger charge is -1.80. The van der Waals surface area contributed by atoms with Crippen LogP contribution in [-0.2, 0) is 9.53 Å². The van der Waals surface area contributed by atoms with Gasteiger partial charge < -0.3 is 4.74 Å². The minimum Gasteiger partial charge on any atom is -0.444 e. The van der Waals surface area contributed by atoms with E-state index in [0.717, 1.165) is 6.42 Å². The molecule has 0 saturated heterocycles. The molecule has 1 radical (unpaired) electrons. The quantitative estimate of drug-likeness (QED) is 0.383. The van der Waals surface area contributed by atoms with Gasteiger partial charge in [0, 0.05) is 6.42 Å². The topological polar surface area (TPSA) is 26.3 Å². The van der Waals surface area contributed by atoms with Crippen LogP contribution in [0.25, 0.3) is 0 Å². The van der Waals surface area contributed by atoms with Crippen molar-refractivity contribution in [2.45, 2.75) is 13.3 Å². The minimum absolute atomic E-state index is 0.164. The van der Waals surface area contributed by atoms with Crippen LogP contribution in [0.1, 0.15) is 13.3 Å². The van der Waals surface area contributed by atoms with Gasteiger partial charge >= 0.3 is 6.47 Å². The van der Waals surface area contributed by atoms with Crippen LogP contribution in [0.2, 0.25) is 0 Å². The third kappa shape index (κ3) is 5.03. The van der Waals surface area contributed by atoms with E-state index < -0.39 is 0 Å². The lowest BCUT2D eigenvalue weighted by atomic mass is 10.5. The molecule has 0 heterocycles. The molecule has 8 heavy (non-hydrogen) atoms. The van der Waals surface area contributed by atoms with Crippen LogP contribution in [-0.4, -0.2) is 13.1 Å². The summed E-state index contributed by atoms with van der Waals surface area (Å²) >= 11 is 0. The first-order valence-electron chi connectivity index (χ1n) is 2.36. The fraction of sp³-hybridized carbons (Fsp3) is 0.500. The van der Waals surface area contributed by atoms with Gasteiger partial charge in [-0.3, -0.25) is 0 Å². The maximum absolute atomic E-state index is 9.35. The molecule has 2 nitrogen and oxygen atoms in total. The summed E-state index contributed by atoms with van der Waals surface area (Å²) in [5, 5.41) is 0. The molecule has 0 bridgehead atoms. The Bertz CT molecular complexity index is 107. The molecule has 0 aliphatic heterocycles. The first kappa shape index (κ1) is 7.03. The Morgan fingerprint density at radius 1 is 1.50 bits per heavy atom. The van der Waals surface area contributed by atoms with Crippen LogP contribution >= 0.6 is 0 Å². The predicted molar refractivity (Wildman–Crippen MR) is 29.7 cm³/mol. The van der Waals surface area contributed by atoms with Gasteiger partial charge in [0.15, 0.2) is 6.61 Å². The molecule has 0 aliphatic rings. The number of hydrogen-bond acceptors (Lipinski definition) is 2. The standard InChI is InChI=1S/C6H7O2/c1-2-3-4-5-8-6-7/h2,5H2,1H3. The molecule has 0 N–H and O–H groups in total. The van der Waals surface area contributed by atoms with Crippen molar-refractivity contribution in [1.82, 2.24) is 0 Å². The number of hydrogen-bond donors (Lipinski definition) is 0. The zero-order valence-electron chi connectivity index (χ0n) is 4.73. The second-order valence-electron chi connectivity index (χ2n) is 1.08. The Morgan fingerprint density at radius 2 is 2.25 bits per heavy atom. The van der Waals surface area contributed by atoms with Crippen molar-refractivity contribution in [1.29, 1.82) is 0 Å². The normalized spacial score (nSPS) is 6.62. The molecule has 0 aliphatic carbocycles. The van der Waals surface area contributed by atoms with Crippen molar-refractivity contribution in [2.24, 2.45) is 0 Å². The monoisotopic (exact) mass is 111 g/mol. The van der Waals surface area contributed by atoms with Gasteiger partial charge in [-0.2, -0.15) is 0 Å². The molecule has 0 aromatic heterocycles. The molecular formula is C6H7O2. The van der Waals surface area contributed by atoms with Gasteiger partial charge in [-0.25, -0.2) is 4.79 Å². The average Bonchev–Trinajstić information content (AvgIpc) is 1.81. The Balaban J connectivity index is 3.02. The van der Waals surface area contributed by atoms with E-state index in [1.165, 1.54) is 6.47 Å². The van der Waals surface area contributed by atoms with Gasteiger partial charge in [-0.05, 0) is 0 Å². The van der Waals surface area contributed by atoms with Gasteiger partial charge in [-0.15, -0.1) is 5.92 Å². The Kier molecular flexibility index (Phi) is 5.30. The number of rotatable bonds is 2. The Labute approximate surface area is 48.8 Å². The average molecular weight is 111 g/mol. The second kappa shape index (κ2) is 6.03. The van der Waals surface area contributed by atoms with E-state index in [1.54, 1.807) is 0 Å². The molecule has 0 aromatic rings. The van der Waals surface area contributed by atoms with Crippen molar-refractivity contribution in [3.05, 3.63) is 0 Å². The van der Waals surface area contributed by atoms with Gasteiger partial charge in [0.25, 0.3) is 0 Å². The highest BCUT2D eigenvalue weighted by molar-refractivity contribution is 5.38. The van der Waals surface area contributed by atoms with E-state index in [2.05, 4.69) is 16.6 Å². The van der Waals surface area contributed by atoms with Crippen LogP contribution in [0.3, 0.4) is 0 Å². The van der Waals surface area contributed by atoms with Crippen LogP contribution in [0, 0.1) is 11.8 Å². The largest absolute Gasteiger partial charge is 0.444 e. The fourth-order valence-corrected chi connectivity index (χ4v) is 0.242. The molecule has 0 amide bonds. The van der Waals surface area contributed by atoms with Gasteiger partial charge in [0.2, 0.25) is 0 Å². The lowest BCUT2D eigenvalue weighted by molar-refractivity contribution is 0.319. The molecule has 0 rings (SSSR count). The van der Waals surface area contributed by atoms with Gasteiger partial charge in [0.1, 0.15) is 0 Å². The first-order valence-corrected chi connectivity index (χ1v) is 2.36. The van der Waals surface area contributed by atoms with Crippen LogP contribution < -0.4 is 0 Å². The third-order valence-electron chi connectivity index (χ3n) is 0.505. The van der Waals surface area contributed by atoms with Crippen LogP contribution in [0.4, 0.5) is 0 Å². The molecule has 0 atom stereocenters. The Morgan fingerprint density at radius 3 is 2.75 bits per heavy atom. The maximum Gasteiger partial charge on any atom is 0.418 e. The molecule has 0 aromatic carbocycles. The van der Waals surface area contributed by atoms with E-state index in [9.17, 15) is 4.79 Å². The summed E-state index contributed by atoms with van der Waals surface area (Å²) in [6.07, 6.45) is 0.794. The molecule has 0 unspecified atom stereocenters. The van der Waals surface area contributed by atoms with E-state index in [-0.39, 0.29) is 6.61 Å². The van der Waals surface area contributed by atoms with Crippen LogP contribution in [0.5, 0.6) is 0 Å². The second-order valence-corrected chi connectivity index (χ2v) is 1.08. The highest BCUT2D eigenvalue weighted by atomic mass is 16.5.